The Kier molecular flexibility index (Phi) is 8.58. The number of methoxy groups -OCH3 is 1. The molecule has 1 amide bonds. The summed E-state index contributed by atoms with van der Waals surface area (Å²) >= 11 is 0. The number of anilines is 1. The Morgan fingerprint density at radius 1 is 1.23 bits per heavy atom. The Hall–Kier alpha value is -2.08. The Bertz CT molecular complexity index is 616. The molecule has 2 atom stereocenters. The van der Waals surface area contributed by atoms with Crippen molar-refractivity contribution in [2.75, 3.05) is 19.0 Å². The quantitative estimate of drug-likeness (QED) is 0.630. The molecule has 0 saturated heterocycles. The summed E-state index contributed by atoms with van der Waals surface area (Å²) in [7, 11) is 1.52. The fourth-order valence-electron chi connectivity index (χ4n) is 2.43. The monoisotopic (exact) mass is 365 g/mol. The summed E-state index contributed by atoms with van der Waals surface area (Å²) in [5.74, 6) is -0.295. The van der Waals surface area contributed by atoms with Crippen LogP contribution >= 0.6 is 0 Å². The normalized spacial score (nSPS) is 14.2. The van der Waals surface area contributed by atoms with Gasteiger partial charge in [-0.3, -0.25) is 4.79 Å². The van der Waals surface area contributed by atoms with E-state index >= 15 is 0 Å². The smallest absolute Gasteiger partial charge is 0.341 e. The number of carbonyl (C=O) groups excluding carboxylic acids is 2. The Morgan fingerprint density at radius 2 is 1.92 bits per heavy atom. The topological polar surface area (TPSA) is 73.9 Å². The van der Waals surface area contributed by atoms with Crippen LogP contribution in [0.25, 0.3) is 0 Å². The molecule has 0 aliphatic rings. The third-order valence-electron chi connectivity index (χ3n) is 4.29. The highest BCUT2D eigenvalue weighted by Crippen LogP contribution is 2.27. The second-order valence-corrected chi connectivity index (χ2v) is 6.41. The molecule has 0 spiro atoms. The Morgan fingerprint density at radius 3 is 2.46 bits per heavy atom. The lowest BCUT2D eigenvalue weighted by Crippen LogP contribution is -2.41. The highest BCUT2D eigenvalue weighted by molar-refractivity contribution is 5.99. The van der Waals surface area contributed by atoms with Crippen molar-refractivity contribution in [1.82, 2.24) is 0 Å². The number of esters is 1. The Labute approximate surface area is 156 Å². The molecule has 0 aliphatic heterocycles. The van der Waals surface area contributed by atoms with Crippen molar-refractivity contribution < 1.29 is 23.8 Å². The van der Waals surface area contributed by atoms with Crippen LogP contribution in [0.3, 0.4) is 0 Å². The van der Waals surface area contributed by atoms with Gasteiger partial charge in [0.1, 0.15) is 16.9 Å². The summed E-state index contributed by atoms with van der Waals surface area (Å²) in [5, 5.41) is 2.82. The van der Waals surface area contributed by atoms with Crippen LogP contribution < -0.4 is 10.1 Å². The van der Waals surface area contributed by atoms with Crippen molar-refractivity contribution in [3.63, 3.8) is 0 Å². The summed E-state index contributed by atoms with van der Waals surface area (Å²) in [6.07, 6.45) is 2.18. The van der Waals surface area contributed by atoms with Crippen LogP contribution in [-0.2, 0) is 14.3 Å². The summed E-state index contributed by atoms with van der Waals surface area (Å²) < 4.78 is 16.3. The first-order chi connectivity index (χ1) is 12.3. The number of rotatable bonds is 10. The SMILES string of the molecule is CCC[C@@](C)(OC)C(=O)Nc1ccc(O[C@H](C)CC)c(C(=O)OCC)c1. The molecule has 0 aliphatic carbocycles. The van der Waals surface area contributed by atoms with Crippen molar-refractivity contribution in [1.29, 1.82) is 0 Å². The van der Waals surface area contributed by atoms with Crippen LogP contribution in [0.1, 0.15) is 64.2 Å². The van der Waals surface area contributed by atoms with E-state index in [1.807, 2.05) is 20.8 Å². The molecule has 1 aromatic rings. The van der Waals surface area contributed by atoms with E-state index in [0.29, 0.717) is 23.4 Å². The second-order valence-electron chi connectivity index (χ2n) is 6.41. The molecule has 26 heavy (non-hydrogen) atoms. The van der Waals surface area contributed by atoms with E-state index < -0.39 is 11.6 Å². The van der Waals surface area contributed by atoms with Gasteiger partial charge in [0.2, 0.25) is 0 Å². The van der Waals surface area contributed by atoms with Gasteiger partial charge in [-0.2, -0.15) is 0 Å². The van der Waals surface area contributed by atoms with Gasteiger partial charge in [0.15, 0.2) is 0 Å². The van der Waals surface area contributed by atoms with Crippen molar-refractivity contribution >= 4 is 17.6 Å². The van der Waals surface area contributed by atoms with Gasteiger partial charge in [-0.05, 0) is 51.8 Å². The summed E-state index contributed by atoms with van der Waals surface area (Å²) in [6.45, 7) is 9.68. The van der Waals surface area contributed by atoms with E-state index in [-0.39, 0.29) is 18.6 Å². The average Bonchev–Trinajstić information content (AvgIpc) is 2.62. The maximum absolute atomic E-state index is 12.6. The third-order valence-corrected chi connectivity index (χ3v) is 4.29. The average molecular weight is 365 g/mol. The minimum atomic E-state index is -0.926. The predicted octanol–water partition coefficient (Wildman–Crippen LogP) is 4.18. The lowest BCUT2D eigenvalue weighted by molar-refractivity contribution is -0.136. The van der Waals surface area contributed by atoms with Crippen molar-refractivity contribution in [2.24, 2.45) is 0 Å². The minimum Gasteiger partial charge on any atom is -0.490 e. The van der Waals surface area contributed by atoms with Crippen LogP contribution in [0.2, 0.25) is 0 Å². The maximum Gasteiger partial charge on any atom is 0.341 e. The first kappa shape index (κ1) is 22.0. The van der Waals surface area contributed by atoms with Crippen LogP contribution in [0, 0.1) is 0 Å². The number of hydrogen-bond acceptors (Lipinski definition) is 5. The summed E-state index contributed by atoms with van der Waals surface area (Å²) in [4.78, 5) is 24.9. The zero-order valence-electron chi connectivity index (χ0n) is 16.7. The molecular weight excluding hydrogens is 334 g/mol. The number of carbonyl (C=O) groups is 2. The standard InChI is InChI=1S/C20H31NO5/c1-7-12-20(5,24-6)19(23)21-15-10-11-17(26-14(4)8-2)16(13-15)18(22)25-9-3/h10-11,13-14H,7-9,12H2,1-6H3,(H,21,23)/t14-,20-/m1/s1. The molecule has 0 aromatic heterocycles. The molecule has 0 radical (unpaired) electrons. The summed E-state index contributed by atoms with van der Waals surface area (Å²) in [6, 6.07) is 4.97. The van der Waals surface area contributed by atoms with Crippen LogP contribution in [0.4, 0.5) is 5.69 Å². The highest BCUT2D eigenvalue weighted by Gasteiger charge is 2.32. The Balaban J connectivity index is 3.12. The van der Waals surface area contributed by atoms with Crippen LogP contribution in [0.5, 0.6) is 5.75 Å². The predicted molar refractivity (Wildman–Crippen MR) is 102 cm³/mol. The molecular formula is C20H31NO5. The van der Waals surface area contributed by atoms with E-state index in [2.05, 4.69) is 5.32 Å². The van der Waals surface area contributed by atoms with Crippen LogP contribution in [-0.4, -0.2) is 37.3 Å². The molecule has 0 saturated carbocycles. The first-order valence-corrected chi connectivity index (χ1v) is 9.15. The summed E-state index contributed by atoms with van der Waals surface area (Å²) in [5.41, 5.74) is -0.140. The van der Waals surface area contributed by atoms with E-state index in [1.54, 1.807) is 32.0 Å². The second kappa shape index (κ2) is 10.2. The van der Waals surface area contributed by atoms with Gasteiger partial charge in [-0.1, -0.05) is 20.3 Å². The lowest BCUT2D eigenvalue weighted by Gasteiger charge is -2.26. The van der Waals surface area contributed by atoms with Gasteiger partial charge in [0.05, 0.1) is 12.7 Å². The fourth-order valence-corrected chi connectivity index (χ4v) is 2.43. The van der Waals surface area contributed by atoms with Crippen LogP contribution in [0.15, 0.2) is 18.2 Å². The lowest BCUT2D eigenvalue weighted by atomic mass is 9.99. The molecule has 6 nitrogen and oxygen atoms in total. The molecule has 1 rings (SSSR count). The van der Waals surface area contributed by atoms with E-state index in [4.69, 9.17) is 14.2 Å². The zero-order valence-corrected chi connectivity index (χ0v) is 16.7. The molecule has 146 valence electrons. The largest absolute Gasteiger partial charge is 0.490 e. The number of benzene rings is 1. The fraction of sp³-hybridized carbons (Fsp3) is 0.600. The molecule has 6 heteroatoms. The molecule has 0 bridgehead atoms. The number of amides is 1. The number of hydrogen-bond donors (Lipinski definition) is 1. The number of ether oxygens (including phenoxy) is 3. The van der Waals surface area contributed by atoms with Gasteiger partial charge < -0.3 is 19.5 Å². The maximum atomic E-state index is 12.6. The van der Waals surface area contributed by atoms with Gasteiger partial charge in [-0.15, -0.1) is 0 Å². The minimum absolute atomic E-state index is 0.0371. The van der Waals surface area contributed by atoms with Crippen molar-refractivity contribution in [3.05, 3.63) is 23.8 Å². The molecule has 0 heterocycles. The first-order valence-electron chi connectivity index (χ1n) is 9.15. The van der Waals surface area contributed by atoms with E-state index in [9.17, 15) is 9.59 Å². The molecule has 0 fully saturated rings. The van der Waals surface area contributed by atoms with E-state index in [0.717, 1.165) is 12.8 Å². The molecule has 1 aromatic carbocycles. The zero-order chi connectivity index (χ0) is 19.7. The van der Waals surface area contributed by atoms with Gasteiger partial charge in [0, 0.05) is 12.8 Å². The van der Waals surface area contributed by atoms with Gasteiger partial charge in [0.25, 0.3) is 5.91 Å². The van der Waals surface area contributed by atoms with Gasteiger partial charge in [-0.25, -0.2) is 4.79 Å². The van der Waals surface area contributed by atoms with E-state index in [1.165, 1.54) is 7.11 Å². The van der Waals surface area contributed by atoms with Gasteiger partial charge >= 0.3 is 5.97 Å². The van der Waals surface area contributed by atoms with Crippen molar-refractivity contribution in [3.8, 4) is 5.75 Å². The molecule has 0 unspecified atom stereocenters. The highest BCUT2D eigenvalue weighted by atomic mass is 16.5. The third kappa shape index (κ3) is 5.73. The molecule has 1 N–H and O–H groups in total. The number of nitrogens with one attached hydrogen (secondary N) is 1. The van der Waals surface area contributed by atoms with Crippen molar-refractivity contribution in [2.45, 2.75) is 65.6 Å².